The number of hydrogen-bond donors (Lipinski definition) is 1. The van der Waals surface area contributed by atoms with Crippen molar-refractivity contribution in [2.24, 2.45) is 0 Å². The summed E-state index contributed by atoms with van der Waals surface area (Å²) in [6.07, 6.45) is 2.95. The minimum atomic E-state index is -0.329. The van der Waals surface area contributed by atoms with Crippen LogP contribution in [0.15, 0.2) is 30.3 Å². The van der Waals surface area contributed by atoms with E-state index >= 15 is 0 Å². The molecule has 26 heavy (non-hydrogen) atoms. The molecule has 0 aliphatic heterocycles. The number of hydrogen-bond acceptors (Lipinski definition) is 4. The molecule has 1 amide bonds. The van der Waals surface area contributed by atoms with Crippen molar-refractivity contribution < 1.29 is 9.53 Å². The molecule has 2 aromatic carbocycles. The number of carbonyl (C=O) groups excluding carboxylic acids is 1. The van der Waals surface area contributed by atoms with Crippen LogP contribution in [0.1, 0.15) is 11.1 Å². The molecule has 3 aromatic rings. The molecule has 0 fully saturated rings. The Bertz CT molecular complexity index is 992. The van der Waals surface area contributed by atoms with E-state index in [4.69, 9.17) is 39.5 Å². The lowest BCUT2D eigenvalue weighted by Gasteiger charge is -2.07. The first-order valence-electron chi connectivity index (χ1n) is 7.46. The third-order valence-electron chi connectivity index (χ3n) is 3.55. The molecule has 8 heteroatoms. The quantitative estimate of drug-likeness (QED) is 0.502. The number of amides is 1. The van der Waals surface area contributed by atoms with Crippen molar-refractivity contribution >= 4 is 73.5 Å². The van der Waals surface area contributed by atoms with E-state index in [1.165, 1.54) is 24.5 Å². The number of anilines is 1. The molecular formula is C18H13Cl3N2O2S. The Morgan fingerprint density at radius 3 is 2.69 bits per heavy atom. The maximum absolute atomic E-state index is 12.2. The molecule has 134 valence electrons. The van der Waals surface area contributed by atoms with Crippen LogP contribution in [0.5, 0.6) is 5.75 Å². The first-order valence-corrected chi connectivity index (χ1v) is 9.41. The fourth-order valence-corrected chi connectivity index (χ4v) is 4.03. The van der Waals surface area contributed by atoms with E-state index < -0.39 is 0 Å². The van der Waals surface area contributed by atoms with Gasteiger partial charge in [-0.1, -0.05) is 46.1 Å². The number of benzene rings is 2. The van der Waals surface area contributed by atoms with E-state index in [0.717, 1.165) is 15.8 Å². The highest BCUT2D eigenvalue weighted by molar-refractivity contribution is 7.22. The van der Waals surface area contributed by atoms with Crippen LogP contribution in [-0.4, -0.2) is 18.0 Å². The van der Waals surface area contributed by atoms with E-state index in [-0.39, 0.29) is 5.91 Å². The van der Waals surface area contributed by atoms with Crippen molar-refractivity contribution in [2.75, 3.05) is 12.4 Å². The van der Waals surface area contributed by atoms with Crippen LogP contribution in [0.2, 0.25) is 15.1 Å². The van der Waals surface area contributed by atoms with E-state index in [9.17, 15) is 4.79 Å². The summed E-state index contributed by atoms with van der Waals surface area (Å²) in [4.78, 5) is 16.6. The zero-order valence-electron chi connectivity index (χ0n) is 13.8. The van der Waals surface area contributed by atoms with Gasteiger partial charge in [-0.25, -0.2) is 4.98 Å². The Balaban J connectivity index is 1.80. The molecule has 3 rings (SSSR count). The molecule has 0 aliphatic rings. The number of halogens is 3. The first kappa shape index (κ1) is 19.0. The van der Waals surface area contributed by atoms with Crippen LogP contribution in [0, 0.1) is 6.92 Å². The number of carbonyl (C=O) groups is 1. The van der Waals surface area contributed by atoms with Gasteiger partial charge in [0.25, 0.3) is 0 Å². The van der Waals surface area contributed by atoms with Gasteiger partial charge in [-0.05, 0) is 42.8 Å². The summed E-state index contributed by atoms with van der Waals surface area (Å²) in [5.41, 5.74) is 2.31. The third-order valence-corrected chi connectivity index (χ3v) is 5.39. The van der Waals surface area contributed by atoms with Crippen molar-refractivity contribution in [3.05, 3.63) is 56.5 Å². The maximum atomic E-state index is 12.2. The number of nitrogens with one attached hydrogen (secondary N) is 1. The van der Waals surface area contributed by atoms with E-state index in [2.05, 4.69) is 10.3 Å². The summed E-state index contributed by atoms with van der Waals surface area (Å²) in [5.74, 6) is 0.121. The summed E-state index contributed by atoms with van der Waals surface area (Å²) in [7, 11) is 1.50. The van der Waals surface area contributed by atoms with Crippen molar-refractivity contribution in [2.45, 2.75) is 6.92 Å². The Morgan fingerprint density at radius 1 is 1.19 bits per heavy atom. The Morgan fingerprint density at radius 2 is 1.96 bits per heavy atom. The molecule has 4 nitrogen and oxygen atoms in total. The summed E-state index contributed by atoms with van der Waals surface area (Å²) in [6.45, 7) is 1.92. The van der Waals surface area contributed by atoms with Gasteiger partial charge in [-0.3, -0.25) is 10.1 Å². The van der Waals surface area contributed by atoms with Crippen LogP contribution in [0.3, 0.4) is 0 Å². The molecule has 1 aromatic heterocycles. The molecule has 1 N–H and O–H groups in total. The Kier molecular flexibility index (Phi) is 5.73. The molecule has 0 saturated heterocycles. The SMILES string of the molecule is COc1c(Cl)cc(Cl)cc1/C=C/C(=O)Nc1nc2cc(Cl)c(C)cc2s1. The van der Waals surface area contributed by atoms with Gasteiger partial charge in [-0.15, -0.1) is 0 Å². The second-order valence-corrected chi connectivity index (χ2v) is 7.70. The number of nitrogens with zero attached hydrogens (tertiary/aromatic N) is 1. The second-order valence-electron chi connectivity index (χ2n) is 5.42. The standard InChI is InChI=1S/C18H13Cl3N2O2S/c1-9-5-15-14(8-12(9)20)22-18(26-15)23-16(24)4-3-10-6-11(19)7-13(21)17(10)25-2/h3-8H,1-2H3,(H,22,23,24)/b4-3+. The highest BCUT2D eigenvalue weighted by Gasteiger charge is 2.10. The average Bonchev–Trinajstić information content (AvgIpc) is 2.93. The maximum Gasteiger partial charge on any atom is 0.250 e. The number of fused-ring (bicyclic) bond motifs is 1. The predicted molar refractivity (Wildman–Crippen MR) is 110 cm³/mol. The van der Waals surface area contributed by atoms with Crippen molar-refractivity contribution in [1.82, 2.24) is 4.98 Å². The Labute approximate surface area is 169 Å². The zero-order valence-corrected chi connectivity index (χ0v) is 16.9. The molecule has 0 radical (unpaired) electrons. The smallest absolute Gasteiger partial charge is 0.250 e. The van der Waals surface area contributed by atoms with Gasteiger partial charge in [0.2, 0.25) is 5.91 Å². The topological polar surface area (TPSA) is 51.2 Å². The monoisotopic (exact) mass is 426 g/mol. The van der Waals surface area contributed by atoms with Gasteiger partial charge in [0.15, 0.2) is 5.13 Å². The van der Waals surface area contributed by atoms with Gasteiger partial charge >= 0.3 is 0 Å². The molecule has 0 unspecified atom stereocenters. The highest BCUT2D eigenvalue weighted by atomic mass is 35.5. The van der Waals surface area contributed by atoms with Crippen LogP contribution >= 0.6 is 46.1 Å². The lowest BCUT2D eigenvalue weighted by Crippen LogP contribution is -2.07. The summed E-state index contributed by atoms with van der Waals surface area (Å²) < 4.78 is 6.20. The van der Waals surface area contributed by atoms with E-state index in [0.29, 0.717) is 31.5 Å². The van der Waals surface area contributed by atoms with Crippen LogP contribution in [0.25, 0.3) is 16.3 Å². The van der Waals surface area contributed by atoms with Crippen LogP contribution < -0.4 is 10.1 Å². The summed E-state index contributed by atoms with van der Waals surface area (Å²) in [6, 6.07) is 6.97. The lowest BCUT2D eigenvalue weighted by molar-refractivity contribution is -0.111. The molecule has 0 spiro atoms. The predicted octanol–water partition coefficient (Wildman–Crippen LogP) is 6.23. The number of thiazole rings is 1. The van der Waals surface area contributed by atoms with Gasteiger partial charge < -0.3 is 4.74 Å². The second kappa shape index (κ2) is 7.84. The van der Waals surface area contributed by atoms with Crippen LogP contribution in [0.4, 0.5) is 5.13 Å². The number of aromatic nitrogens is 1. The van der Waals surface area contributed by atoms with E-state index in [1.807, 2.05) is 13.0 Å². The van der Waals surface area contributed by atoms with Gasteiger partial charge in [0.05, 0.1) is 22.3 Å². The van der Waals surface area contributed by atoms with Crippen molar-refractivity contribution in [1.29, 1.82) is 0 Å². The zero-order chi connectivity index (χ0) is 18.8. The summed E-state index contributed by atoms with van der Waals surface area (Å²) >= 11 is 19.6. The number of aryl methyl sites for hydroxylation is 1. The van der Waals surface area contributed by atoms with Gasteiger partial charge in [0, 0.05) is 21.7 Å². The molecule has 0 bridgehead atoms. The first-order chi connectivity index (χ1) is 12.4. The lowest BCUT2D eigenvalue weighted by atomic mass is 10.2. The van der Waals surface area contributed by atoms with E-state index in [1.54, 1.807) is 24.3 Å². The van der Waals surface area contributed by atoms with Gasteiger partial charge in [0.1, 0.15) is 5.75 Å². The largest absolute Gasteiger partial charge is 0.495 e. The van der Waals surface area contributed by atoms with Crippen molar-refractivity contribution in [3.8, 4) is 5.75 Å². The third kappa shape index (κ3) is 4.13. The number of ether oxygens (including phenoxy) is 1. The minimum Gasteiger partial charge on any atom is -0.495 e. The Hall–Kier alpha value is -1.79. The fraction of sp³-hybridized carbons (Fsp3) is 0.111. The molecular weight excluding hydrogens is 415 g/mol. The number of methoxy groups -OCH3 is 1. The average molecular weight is 428 g/mol. The van der Waals surface area contributed by atoms with Crippen molar-refractivity contribution in [3.63, 3.8) is 0 Å². The normalized spacial score (nSPS) is 11.3. The molecule has 0 atom stereocenters. The fourth-order valence-electron chi connectivity index (χ4n) is 2.34. The molecule has 1 heterocycles. The highest BCUT2D eigenvalue weighted by Crippen LogP contribution is 2.33. The van der Waals surface area contributed by atoms with Crippen LogP contribution in [-0.2, 0) is 4.79 Å². The number of rotatable bonds is 4. The van der Waals surface area contributed by atoms with Gasteiger partial charge in [-0.2, -0.15) is 0 Å². The summed E-state index contributed by atoms with van der Waals surface area (Å²) in [5, 5.41) is 4.70. The minimum absolute atomic E-state index is 0.329. The molecule has 0 saturated carbocycles. The molecule has 0 aliphatic carbocycles.